The minimum Gasteiger partial charge on any atom is -0.505 e. The van der Waals surface area contributed by atoms with E-state index in [4.69, 9.17) is 0 Å². The van der Waals surface area contributed by atoms with Gasteiger partial charge in [0.25, 0.3) is 0 Å². The molecule has 0 fully saturated rings. The molecule has 0 aliphatic carbocycles. The fraction of sp³-hybridized carbons (Fsp3) is 0.423. The lowest BCUT2D eigenvalue weighted by molar-refractivity contribution is -0.140. The number of fused-ring (bicyclic) bond motifs is 1. The zero-order valence-electron chi connectivity index (χ0n) is 20.2. The first-order chi connectivity index (χ1) is 16.2. The SMILES string of the molecule is CCN(CC)Cc1cc(CN(CC)CC)c(O)c(Nc2cc(C(F)(F)F)nc3ccccc23)c1. The molecule has 184 valence electrons. The molecule has 5 nitrogen and oxygen atoms in total. The van der Waals surface area contributed by atoms with E-state index in [9.17, 15) is 18.3 Å². The standard InChI is InChI=1S/C26H33F3N4O/c1-5-32(6-2)16-18-13-19(17-33(7-3)8-4)25(34)23(14-18)30-22-15-24(26(27,28)29)31-21-12-10-9-11-20(21)22/h9-15,34H,5-8,16-17H2,1-4H3,(H,30,31). The van der Waals surface area contributed by atoms with E-state index in [1.165, 1.54) is 0 Å². The van der Waals surface area contributed by atoms with Crippen molar-refractivity contribution in [3.8, 4) is 5.75 Å². The molecule has 0 saturated carbocycles. The van der Waals surface area contributed by atoms with Gasteiger partial charge in [-0.25, -0.2) is 4.98 Å². The van der Waals surface area contributed by atoms with Gasteiger partial charge in [0.05, 0.1) is 16.9 Å². The number of nitrogens with zero attached hydrogens (tertiary/aromatic N) is 3. The van der Waals surface area contributed by atoms with Gasteiger partial charge in [-0.2, -0.15) is 13.2 Å². The van der Waals surface area contributed by atoms with Gasteiger partial charge in [0.1, 0.15) is 11.4 Å². The summed E-state index contributed by atoms with van der Waals surface area (Å²) in [5.41, 5.74) is 1.63. The summed E-state index contributed by atoms with van der Waals surface area (Å²) in [6.45, 7) is 12.9. The molecule has 0 atom stereocenters. The number of pyridine rings is 1. The van der Waals surface area contributed by atoms with E-state index in [1.807, 2.05) is 12.1 Å². The van der Waals surface area contributed by atoms with E-state index in [1.54, 1.807) is 24.3 Å². The van der Waals surface area contributed by atoms with Gasteiger partial charge in [0, 0.05) is 24.0 Å². The van der Waals surface area contributed by atoms with Crippen LogP contribution in [0.4, 0.5) is 24.5 Å². The Balaban J connectivity index is 2.12. The van der Waals surface area contributed by atoms with Crippen LogP contribution in [-0.4, -0.2) is 46.1 Å². The van der Waals surface area contributed by atoms with Gasteiger partial charge in [-0.05, 0) is 56.0 Å². The molecule has 0 bridgehead atoms. The first-order valence-corrected chi connectivity index (χ1v) is 11.7. The topological polar surface area (TPSA) is 51.6 Å². The van der Waals surface area contributed by atoms with Crippen molar-refractivity contribution in [3.05, 3.63) is 59.3 Å². The van der Waals surface area contributed by atoms with E-state index >= 15 is 0 Å². The summed E-state index contributed by atoms with van der Waals surface area (Å²) in [4.78, 5) is 8.22. The van der Waals surface area contributed by atoms with Gasteiger partial charge in [0.15, 0.2) is 0 Å². The highest BCUT2D eigenvalue weighted by Gasteiger charge is 2.33. The second-order valence-electron chi connectivity index (χ2n) is 8.27. The summed E-state index contributed by atoms with van der Waals surface area (Å²) < 4.78 is 40.6. The Labute approximate surface area is 199 Å². The molecule has 8 heteroatoms. The van der Waals surface area contributed by atoms with Crippen molar-refractivity contribution in [1.82, 2.24) is 14.8 Å². The minimum absolute atomic E-state index is 0.0460. The number of phenolic OH excluding ortho intramolecular Hbond substituents is 1. The third-order valence-corrected chi connectivity index (χ3v) is 6.11. The largest absolute Gasteiger partial charge is 0.505 e. The Bertz CT molecular complexity index is 1110. The van der Waals surface area contributed by atoms with Crippen LogP contribution in [0.1, 0.15) is 44.5 Å². The highest BCUT2D eigenvalue weighted by Crippen LogP contribution is 2.38. The van der Waals surface area contributed by atoms with E-state index in [0.29, 0.717) is 24.2 Å². The smallest absolute Gasteiger partial charge is 0.433 e. The quantitative estimate of drug-likeness (QED) is 0.334. The molecule has 0 aliphatic rings. The molecule has 0 saturated heterocycles. The monoisotopic (exact) mass is 474 g/mol. The molecule has 0 amide bonds. The first-order valence-electron chi connectivity index (χ1n) is 11.7. The second-order valence-corrected chi connectivity index (χ2v) is 8.27. The number of benzene rings is 2. The number of anilines is 2. The Morgan fingerprint density at radius 1 is 0.853 bits per heavy atom. The van der Waals surface area contributed by atoms with E-state index in [-0.39, 0.29) is 17.0 Å². The maximum absolute atomic E-state index is 13.5. The molecule has 0 spiro atoms. The highest BCUT2D eigenvalue weighted by atomic mass is 19.4. The van der Waals surface area contributed by atoms with E-state index in [0.717, 1.165) is 43.4 Å². The summed E-state index contributed by atoms with van der Waals surface area (Å²) in [6, 6.07) is 11.5. The number of aromatic nitrogens is 1. The van der Waals surface area contributed by atoms with Crippen LogP contribution >= 0.6 is 0 Å². The normalized spacial score (nSPS) is 12.1. The van der Waals surface area contributed by atoms with Crippen molar-refractivity contribution in [2.24, 2.45) is 0 Å². The lowest BCUT2D eigenvalue weighted by atomic mass is 10.0. The van der Waals surface area contributed by atoms with Crippen molar-refractivity contribution in [2.45, 2.75) is 47.0 Å². The van der Waals surface area contributed by atoms with E-state index in [2.05, 4.69) is 47.8 Å². The summed E-state index contributed by atoms with van der Waals surface area (Å²) in [7, 11) is 0. The molecule has 2 aromatic carbocycles. The molecule has 1 aromatic heterocycles. The Morgan fingerprint density at radius 3 is 2.09 bits per heavy atom. The fourth-order valence-electron chi connectivity index (χ4n) is 4.03. The van der Waals surface area contributed by atoms with Crippen LogP contribution in [0.2, 0.25) is 0 Å². The zero-order chi connectivity index (χ0) is 24.9. The number of nitrogens with one attached hydrogen (secondary N) is 1. The van der Waals surface area contributed by atoms with Gasteiger partial charge in [-0.15, -0.1) is 0 Å². The van der Waals surface area contributed by atoms with Crippen LogP contribution in [0.25, 0.3) is 10.9 Å². The molecule has 3 rings (SSSR count). The highest BCUT2D eigenvalue weighted by molar-refractivity contribution is 5.94. The summed E-state index contributed by atoms with van der Waals surface area (Å²) in [5.74, 6) is 0.0460. The van der Waals surface area contributed by atoms with Crippen LogP contribution in [0, 0.1) is 0 Å². The van der Waals surface area contributed by atoms with Crippen LogP contribution in [0.15, 0.2) is 42.5 Å². The van der Waals surface area contributed by atoms with Crippen LogP contribution in [0.5, 0.6) is 5.75 Å². The van der Waals surface area contributed by atoms with Gasteiger partial charge in [-0.1, -0.05) is 45.9 Å². The van der Waals surface area contributed by atoms with Crippen molar-refractivity contribution < 1.29 is 18.3 Å². The Kier molecular flexibility index (Phi) is 8.38. The summed E-state index contributed by atoms with van der Waals surface area (Å²) >= 11 is 0. The predicted octanol–water partition coefficient (Wildman–Crippen LogP) is 6.39. The molecule has 1 heterocycles. The summed E-state index contributed by atoms with van der Waals surface area (Å²) in [5, 5.41) is 14.8. The zero-order valence-corrected chi connectivity index (χ0v) is 20.2. The molecule has 3 aromatic rings. The van der Waals surface area contributed by atoms with Crippen molar-refractivity contribution in [1.29, 1.82) is 0 Å². The molecule has 0 aliphatic heterocycles. The molecule has 34 heavy (non-hydrogen) atoms. The van der Waals surface area contributed by atoms with Gasteiger partial charge >= 0.3 is 6.18 Å². The Hall–Kier alpha value is -2.84. The number of rotatable bonds is 10. The molecular formula is C26H33F3N4O. The third kappa shape index (κ3) is 5.98. The Morgan fingerprint density at radius 2 is 1.47 bits per heavy atom. The number of alkyl halides is 3. The number of hydrogen-bond acceptors (Lipinski definition) is 5. The number of halogens is 3. The van der Waals surface area contributed by atoms with Crippen molar-refractivity contribution >= 4 is 22.3 Å². The fourth-order valence-corrected chi connectivity index (χ4v) is 4.03. The van der Waals surface area contributed by atoms with Crippen LogP contribution in [-0.2, 0) is 19.3 Å². The molecular weight excluding hydrogens is 441 g/mol. The average molecular weight is 475 g/mol. The van der Waals surface area contributed by atoms with Gasteiger partial charge in [0.2, 0.25) is 0 Å². The van der Waals surface area contributed by atoms with Crippen LogP contribution in [0.3, 0.4) is 0 Å². The van der Waals surface area contributed by atoms with E-state index < -0.39 is 11.9 Å². The molecule has 0 unspecified atom stereocenters. The predicted molar refractivity (Wildman–Crippen MR) is 131 cm³/mol. The lowest BCUT2D eigenvalue weighted by Crippen LogP contribution is -2.24. The van der Waals surface area contributed by atoms with Gasteiger partial charge < -0.3 is 10.4 Å². The maximum atomic E-state index is 13.5. The number of phenols is 1. The molecule has 2 N–H and O–H groups in total. The third-order valence-electron chi connectivity index (χ3n) is 6.11. The second kappa shape index (κ2) is 11.1. The molecule has 0 radical (unpaired) electrons. The minimum atomic E-state index is -4.58. The number of para-hydroxylation sites is 1. The lowest BCUT2D eigenvalue weighted by Gasteiger charge is -2.23. The van der Waals surface area contributed by atoms with Crippen molar-refractivity contribution in [2.75, 3.05) is 31.5 Å². The van der Waals surface area contributed by atoms with Crippen LogP contribution < -0.4 is 5.32 Å². The summed E-state index contributed by atoms with van der Waals surface area (Å²) in [6.07, 6.45) is -4.58. The average Bonchev–Trinajstić information content (AvgIpc) is 2.82. The maximum Gasteiger partial charge on any atom is 0.433 e. The number of aromatic hydroxyl groups is 1. The number of hydrogen-bond donors (Lipinski definition) is 2. The first kappa shape index (κ1) is 25.8. The van der Waals surface area contributed by atoms with Gasteiger partial charge in [-0.3, -0.25) is 9.80 Å². The van der Waals surface area contributed by atoms with Crippen molar-refractivity contribution in [3.63, 3.8) is 0 Å².